The summed E-state index contributed by atoms with van der Waals surface area (Å²) >= 11 is 0. The van der Waals surface area contributed by atoms with Crippen LogP contribution in [0.4, 0.5) is 13.2 Å². The van der Waals surface area contributed by atoms with Gasteiger partial charge in [0.2, 0.25) is 0 Å². The Morgan fingerprint density at radius 2 is 1.27 bits per heavy atom. The Bertz CT molecular complexity index is 330. The molecule has 0 spiro atoms. The van der Waals surface area contributed by atoms with Gasteiger partial charge in [-0.2, -0.15) is 21.6 Å². The average Bonchev–Trinajstić information content (AvgIpc) is 1.77. The summed E-state index contributed by atoms with van der Waals surface area (Å²) in [5, 5.41) is -5.77. The van der Waals surface area contributed by atoms with E-state index in [1.54, 1.807) is 0 Å². The maximum absolute atomic E-state index is 11.8. The van der Waals surface area contributed by atoms with E-state index in [9.17, 15) is 21.6 Å². The largest absolute Gasteiger partial charge is 0.523 e. The first kappa shape index (κ1) is 15.0. The van der Waals surface area contributed by atoms with Crippen LogP contribution in [-0.4, -0.2) is 58.6 Å². The van der Waals surface area contributed by atoms with Crippen molar-refractivity contribution < 1.29 is 25.8 Å². The second-order valence-electron chi connectivity index (χ2n) is 2.71. The van der Waals surface area contributed by atoms with E-state index in [1.165, 1.54) is 0 Å². The van der Waals surface area contributed by atoms with Gasteiger partial charge < -0.3 is 0 Å². The lowest BCUT2D eigenvalue weighted by Crippen LogP contribution is -2.51. The lowest BCUT2D eigenvalue weighted by Gasteiger charge is -2.40. The predicted molar refractivity (Wildman–Crippen MR) is 50.3 cm³/mol. The zero-order valence-electron chi connectivity index (χ0n) is 7.15. The van der Waals surface area contributed by atoms with E-state index in [-0.39, 0.29) is 0 Å². The normalized spacial score (nSPS) is 15.1. The molecule has 0 aromatic carbocycles. The van der Waals surface area contributed by atoms with Gasteiger partial charge in [0.15, 0.2) is 0 Å². The van der Waals surface area contributed by atoms with Crippen LogP contribution in [0.25, 0.3) is 0 Å². The minimum Gasteiger partial charge on any atom is -0.278 e. The summed E-state index contributed by atoms with van der Waals surface area (Å²) in [6, 6.07) is 0. The van der Waals surface area contributed by atoms with E-state index in [0.29, 0.717) is 0 Å². The molecule has 15 heavy (non-hydrogen) atoms. The fourth-order valence-electron chi connectivity index (χ4n) is 0.301. The van der Waals surface area contributed by atoms with Crippen LogP contribution in [0.1, 0.15) is 0 Å². The van der Waals surface area contributed by atoms with Crippen molar-refractivity contribution in [3.63, 3.8) is 0 Å². The smallest absolute Gasteiger partial charge is 0.278 e. The van der Waals surface area contributed by atoms with E-state index < -0.39 is 26.1 Å². The van der Waals surface area contributed by atoms with Crippen LogP contribution in [-0.2, 0) is 14.3 Å². The fourth-order valence-corrected chi connectivity index (χ4v) is 0.903. The first-order valence-corrected chi connectivity index (χ1v) is 4.58. The molecule has 0 unspecified atom stereocenters. The van der Waals surface area contributed by atoms with Crippen LogP contribution in [0.15, 0.2) is 0 Å². The molecule has 0 aliphatic heterocycles. The fraction of sp³-hybridized carbons (Fsp3) is 1.00. The highest BCUT2D eigenvalue weighted by molar-refractivity contribution is 7.87. The molecular weight excluding hydrogens is 227 g/mol. The highest BCUT2D eigenvalue weighted by Crippen LogP contribution is 2.33. The third kappa shape index (κ3) is 3.51. The Morgan fingerprint density at radius 3 is 1.47 bits per heavy atom. The molecule has 72 valence electrons. The van der Waals surface area contributed by atoms with Crippen LogP contribution in [0.3, 0.4) is 0 Å². The molecule has 0 atom stereocenters. The maximum atomic E-state index is 11.8. The molecule has 0 aliphatic rings. The van der Waals surface area contributed by atoms with Crippen molar-refractivity contribution in [2.24, 2.45) is 0 Å². The van der Waals surface area contributed by atoms with E-state index in [2.05, 4.69) is 4.18 Å². The van der Waals surface area contributed by atoms with Crippen molar-refractivity contribution in [2.45, 2.75) is 16.0 Å². The molecule has 0 heterocycles. The third-order valence-electron chi connectivity index (χ3n) is 1.21. The Labute approximate surface area is 91.7 Å². The zero-order valence-corrected chi connectivity index (χ0v) is 7.97. The van der Waals surface area contributed by atoms with Crippen molar-refractivity contribution >= 4 is 49.3 Å². The molecule has 10 radical (unpaired) electrons. The van der Waals surface area contributed by atoms with Crippen molar-refractivity contribution in [1.29, 1.82) is 0 Å². The van der Waals surface area contributed by atoms with Crippen LogP contribution in [0.2, 0.25) is 5.11 Å². The van der Waals surface area contributed by atoms with E-state index in [4.69, 9.17) is 39.2 Å². The third-order valence-corrected chi connectivity index (χ3v) is 2.27. The molecule has 0 saturated carbocycles. The summed E-state index contributed by atoms with van der Waals surface area (Å²) in [6.07, 6.45) is 0. The molecule has 0 saturated heterocycles. The summed E-state index contributed by atoms with van der Waals surface area (Å²) in [4.78, 5) is 0. The molecule has 0 aromatic rings. The zero-order chi connectivity index (χ0) is 12.7. The molecule has 0 bridgehead atoms. The predicted octanol–water partition coefficient (Wildman–Crippen LogP) is -1.58. The van der Waals surface area contributed by atoms with Crippen LogP contribution in [0, 0.1) is 0 Å². The highest BCUT2D eigenvalue weighted by atomic mass is 32.2. The lowest BCUT2D eigenvalue weighted by molar-refractivity contribution is -0.0563. The summed E-state index contributed by atoms with van der Waals surface area (Å²) in [5.74, 6) is 0. The summed E-state index contributed by atoms with van der Waals surface area (Å²) in [6.45, 7) is 0. The van der Waals surface area contributed by atoms with Gasteiger partial charge >= 0.3 is 15.6 Å². The van der Waals surface area contributed by atoms with Gasteiger partial charge in [0, 0.05) is 0 Å². The Morgan fingerprint density at radius 1 is 0.933 bits per heavy atom. The van der Waals surface area contributed by atoms with Crippen LogP contribution >= 0.6 is 0 Å². The average molecular weight is 227 g/mol. The summed E-state index contributed by atoms with van der Waals surface area (Å²) < 4.78 is 59.7. The summed E-state index contributed by atoms with van der Waals surface area (Å²) in [5.41, 5.74) is -5.71. The van der Waals surface area contributed by atoms with Gasteiger partial charge in [0.05, 0.1) is 39.2 Å². The monoisotopic (exact) mass is 228 g/mol. The standard InChI is InChI=1S/C3B5F3O3S/c4-1(5,6)2(7,8)14-15(12,13)3(9,10)11. The van der Waals surface area contributed by atoms with Gasteiger partial charge in [0.25, 0.3) is 0 Å². The number of halogens is 3. The van der Waals surface area contributed by atoms with Crippen molar-refractivity contribution in [3.05, 3.63) is 0 Å². The lowest BCUT2D eigenvalue weighted by atomic mass is 9.28. The van der Waals surface area contributed by atoms with Gasteiger partial charge in [-0.1, -0.05) is 0 Å². The molecule has 0 aliphatic carbocycles. The number of rotatable bonds is 3. The van der Waals surface area contributed by atoms with Crippen molar-refractivity contribution in [3.8, 4) is 0 Å². The van der Waals surface area contributed by atoms with E-state index >= 15 is 0 Å². The molecule has 0 fully saturated rings. The number of alkyl halides is 3. The summed E-state index contributed by atoms with van der Waals surface area (Å²) in [7, 11) is 18.0. The molecule has 12 heteroatoms. The van der Waals surface area contributed by atoms with Crippen LogP contribution in [0.5, 0.6) is 0 Å². The van der Waals surface area contributed by atoms with Crippen molar-refractivity contribution in [1.82, 2.24) is 0 Å². The Balaban J connectivity index is 5.08. The molecule has 0 amide bonds. The highest BCUT2D eigenvalue weighted by Gasteiger charge is 2.51. The minimum atomic E-state index is -6.03. The van der Waals surface area contributed by atoms with E-state index in [1.807, 2.05) is 0 Å². The second-order valence-corrected chi connectivity index (χ2v) is 4.25. The number of hydrogen-bond donors (Lipinski definition) is 0. The SMILES string of the molecule is [B]C([B])([B])C([B])([B])OS(=O)(=O)C(F)(F)F. The molecule has 0 rings (SSSR count). The number of hydrogen-bond acceptors (Lipinski definition) is 3. The molecule has 0 N–H and O–H groups in total. The maximum Gasteiger partial charge on any atom is 0.523 e. The van der Waals surface area contributed by atoms with E-state index in [0.717, 1.165) is 0 Å². The Kier molecular flexibility index (Phi) is 3.81. The van der Waals surface area contributed by atoms with Gasteiger partial charge in [0.1, 0.15) is 0 Å². The first-order valence-electron chi connectivity index (χ1n) is 3.17. The minimum absolute atomic E-state index is 2.68. The second kappa shape index (κ2) is 3.80. The van der Waals surface area contributed by atoms with Crippen molar-refractivity contribution in [2.75, 3.05) is 0 Å². The molecule has 0 aromatic heterocycles. The van der Waals surface area contributed by atoms with Gasteiger partial charge in [-0.3, -0.25) is 4.18 Å². The quantitative estimate of drug-likeness (QED) is 0.332. The van der Waals surface area contributed by atoms with Gasteiger partial charge in [-0.05, 0) is 5.40 Å². The molecular formula is C3B5F3O3S. The topological polar surface area (TPSA) is 43.4 Å². The molecule has 3 nitrogen and oxygen atoms in total. The van der Waals surface area contributed by atoms with Gasteiger partial charge in [-0.15, -0.1) is 5.11 Å². The first-order chi connectivity index (χ1) is 6.21. The Hall–Kier alpha value is 0.0247. The van der Waals surface area contributed by atoms with Crippen LogP contribution < -0.4 is 0 Å². The van der Waals surface area contributed by atoms with Gasteiger partial charge in [-0.25, -0.2) is 0 Å².